The lowest BCUT2D eigenvalue weighted by molar-refractivity contribution is -0.143. The Labute approximate surface area is 152 Å². The number of hydrogen-bond donors (Lipinski definition) is 0. The van der Waals surface area contributed by atoms with E-state index >= 15 is 0 Å². The first-order valence-corrected chi connectivity index (χ1v) is 8.49. The highest BCUT2D eigenvalue weighted by Crippen LogP contribution is 2.27. The number of halogens is 4. The zero-order valence-electron chi connectivity index (χ0n) is 14.8. The second-order valence-corrected chi connectivity index (χ2v) is 6.48. The molecule has 0 radical (unpaired) electrons. The van der Waals surface area contributed by atoms with Crippen LogP contribution in [0.4, 0.5) is 17.6 Å². The van der Waals surface area contributed by atoms with Crippen molar-refractivity contribution in [2.75, 3.05) is 0 Å². The van der Waals surface area contributed by atoms with Gasteiger partial charge in [0.2, 0.25) is 0 Å². The summed E-state index contributed by atoms with van der Waals surface area (Å²) >= 11 is 0. The molecule has 1 aromatic carbocycles. The van der Waals surface area contributed by atoms with E-state index in [2.05, 4.69) is 9.97 Å². The van der Waals surface area contributed by atoms with Crippen molar-refractivity contribution in [2.24, 2.45) is 5.92 Å². The summed E-state index contributed by atoms with van der Waals surface area (Å²) in [5, 5.41) is 0. The molecule has 1 atom stereocenters. The van der Waals surface area contributed by atoms with E-state index in [1.807, 2.05) is 6.92 Å². The van der Waals surface area contributed by atoms with Crippen molar-refractivity contribution in [3.8, 4) is 5.69 Å². The molecule has 2 heterocycles. The summed E-state index contributed by atoms with van der Waals surface area (Å²) in [6.45, 7) is 3.82. The lowest BCUT2D eigenvalue weighted by atomic mass is 10.0. The Morgan fingerprint density at radius 2 is 1.85 bits per heavy atom. The quantitative estimate of drug-likeness (QED) is 0.630. The number of imidazole rings is 1. The van der Waals surface area contributed by atoms with E-state index in [0.717, 1.165) is 0 Å². The van der Waals surface area contributed by atoms with Crippen LogP contribution in [0.1, 0.15) is 26.1 Å². The molecule has 0 aliphatic heterocycles. The standard InChI is InChI=1S/C18H18F4N4O/c1-3-25-10-23-15-16(25)24-14(8-11(2)9-18(20,21)22)26(17(15)27)13-6-4-12(19)5-7-13/h4-7,10-11H,3,8-9H2,1-2H3. The molecule has 0 aliphatic rings. The molecule has 2 aromatic heterocycles. The van der Waals surface area contributed by atoms with Gasteiger partial charge in [-0.15, -0.1) is 0 Å². The Balaban J connectivity index is 2.17. The molecule has 0 saturated heterocycles. The number of aromatic nitrogens is 4. The number of hydrogen-bond acceptors (Lipinski definition) is 3. The summed E-state index contributed by atoms with van der Waals surface area (Å²) in [5.41, 5.74) is 0.285. The number of nitrogens with zero attached hydrogens (tertiary/aromatic N) is 4. The average molecular weight is 382 g/mol. The predicted octanol–water partition coefficient (Wildman–Crippen LogP) is 3.87. The molecule has 0 N–H and O–H groups in total. The van der Waals surface area contributed by atoms with Crippen LogP contribution in [-0.2, 0) is 13.0 Å². The van der Waals surface area contributed by atoms with Gasteiger partial charge >= 0.3 is 6.18 Å². The molecular weight excluding hydrogens is 364 g/mol. The van der Waals surface area contributed by atoms with Crippen LogP contribution in [0.3, 0.4) is 0 Å². The van der Waals surface area contributed by atoms with Crippen molar-refractivity contribution >= 4 is 11.2 Å². The first kappa shape index (κ1) is 19.1. The maximum Gasteiger partial charge on any atom is 0.389 e. The monoisotopic (exact) mass is 382 g/mol. The van der Waals surface area contributed by atoms with Crippen molar-refractivity contribution in [3.63, 3.8) is 0 Å². The Morgan fingerprint density at radius 3 is 2.44 bits per heavy atom. The minimum absolute atomic E-state index is 0.0586. The van der Waals surface area contributed by atoms with E-state index in [9.17, 15) is 22.4 Å². The Bertz CT molecular complexity index is 1010. The predicted molar refractivity (Wildman–Crippen MR) is 92.3 cm³/mol. The van der Waals surface area contributed by atoms with Crippen LogP contribution >= 0.6 is 0 Å². The number of aryl methyl sites for hydroxylation is 1. The first-order valence-electron chi connectivity index (χ1n) is 8.49. The van der Waals surface area contributed by atoms with Crippen molar-refractivity contribution in [1.82, 2.24) is 19.1 Å². The van der Waals surface area contributed by atoms with Gasteiger partial charge in [-0.1, -0.05) is 6.92 Å². The number of alkyl halides is 3. The molecule has 27 heavy (non-hydrogen) atoms. The van der Waals surface area contributed by atoms with E-state index in [1.165, 1.54) is 42.1 Å². The number of benzene rings is 1. The molecule has 144 valence electrons. The highest BCUT2D eigenvalue weighted by Gasteiger charge is 2.31. The number of rotatable bonds is 5. The van der Waals surface area contributed by atoms with Crippen LogP contribution < -0.4 is 5.56 Å². The summed E-state index contributed by atoms with van der Waals surface area (Å²) in [6.07, 6.45) is -3.89. The summed E-state index contributed by atoms with van der Waals surface area (Å²) in [5.74, 6) is -1.08. The minimum atomic E-state index is -4.31. The van der Waals surface area contributed by atoms with Gasteiger partial charge in [-0.2, -0.15) is 13.2 Å². The van der Waals surface area contributed by atoms with Crippen molar-refractivity contribution in [3.05, 3.63) is 52.6 Å². The van der Waals surface area contributed by atoms with Gasteiger partial charge in [0.1, 0.15) is 11.6 Å². The second kappa shape index (κ2) is 7.13. The maximum absolute atomic E-state index is 13.3. The highest BCUT2D eigenvalue weighted by molar-refractivity contribution is 5.70. The Morgan fingerprint density at radius 1 is 1.19 bits per heavy atom. The molecule has 9 heteroatoms. The topological polar surface area (TPSA) is 52.7 Å². The highest BCUT2D eigenvalue weighted by atomic mass is 19.4. The zero-order chi connectivity index (χ0) is 19.8. The van der Waals surface area contributed by atoms with Crippen LogP contribution in [0.15, 0.2) is 35.4 Å². The fraction of sp³-hybridized carbons (Fsp3) is 0.389. The molecule has 0 spiro atoms. The zero-order valence-corrected chi connectivity index (χ0v) is 14.8. The van der Waals surface area contributed by atoms with Gasteiger partial charge < -0.3 is 4.57 Å². The fourth-order valence-electron chi connectivity index (χ4n) is 3.04. The normalized spacial score (nSPS) is 13.3. The van der Waals surface area contributed by atoms with E-state index in [4.69, 9.17) is 0 Å². The third kappa shape index (κ3) is 4.01. The van der Waals surface area contributed by atoms with E-state index in [0.29, 0.717) is 17.9 Å². The summed E-state index contributed by atoms with van der Waals surface area (Å²) < 4.78 is 54.3. The molecule has 1 unspecified atom stereocenters. The Hall–Kier alpha value is -2.71. The van der Waals surface area contributed by atoms with Crippen LogP contribution in [0.25, 0.3) is 16.9 Å². The lowest BCUT2D eigenvalue weighted by Gasteiger charge is -2.17. The van der Waals surface area contributed by atoms with Gasteiger partial charge in [0, 0.05) is 19.4 Å². The molecule has 0 aliphatic carbocycles. The molecule has 0 fully saturated rings. The van der Waals surface area contributed by atoms with Crippen LogP contribution in [0, 0.1) is 11.7 Å². The first-order chi connectivity index (χ1) is 12.7. The van der Waals surface area contributed by atoms with Crippen molar-refractivity contribution < 1.29 is 17.6 Å². The molecule has 5 nitrogen and oxygen atoms in total. The van der Waals surface area contributed by atoms with Crippen LogP contribution in [-0.4, -0.2) is 25.3 Å². The van der Waals surface area contributed by atoms with Crippen LogP contribution in [0.5, 0.6) is 0 Å². The van der Waals surface area contributed by atoms with Gasteiger partial charge in [-0.3, -0.25) is 9.36 Å². The molecular formula is C18H18F4N4O. The smallest absolute Gasteiger partial charge is 0.315 e. The summed E-state index contributed by atoms with van der Waals surface area (Å²) in [6, 6.07) is 5.14. The van der Waals surface area contributed by atoms with E-state index < -0.39 is 29.9 Å². The number of fused-ring (bicyclic) bond motifs is 1. The second-order valence-electron chi connectivity index (χ2n) is 6.48. The van der Waals surface area contributed by atoms with Gasteiger partial charge in [0.05, 0.1) is 12.0 Å². The molecule has 3 aromatic rings. The Kier molecular flexibility index (Phi) is 5.03. The fourth-order valence-corrected chi connectivity index (χ4v) is 3.04. The van der Waals surface area contributed by atoms with E-state index in [-0.39, 0.29) is 17.8 Å². The van der Waals surface area contributed by atoms with Crippen LogP contribution in [0.2, 0.25) is 0 Å². The lowest BCUT2D eigenvalue weighted by Crippen LogP contribution is -2.26. The van der Waals surface area contributed by atoms with Crippen molar-refractivity contribution in [1.29, 1.82) is 0 Å². The van der Waals surface area contributed by atoms with E-state index in [1.54, 1.807) is 4.57 Å². The summed E-state index contributed by atoms with van der Waals surface area (Å²) in [7, 11) is 0. The third-order valence-electron chi connectivity index (χ3n) is 4.25. The van der Waals surface area contributed by atoms with Gasteiger partial charge in [-0.05, 0) is 37.1 Å². The van der Waals surface area contributed by atoms with Gasteiger partial charge in [0.15, 0.2) is 11.2 Å². The minimum Gasteiger partial charge on any atom is -0.315 e. The maximum atomic E-state index is 13.3. The largest absolute Gasteiger partial charge is 0.389 e. The summed E-state index contributed by atoms with van der Waals surface area (Å²) in [4.78, 5) is 21.5. The SMILES string of the molecule is CCn1cnc2c(=O)n(-c3ccc(F)cc3)c(CC(C)CC(F)(F)F)nc21. The molecule has 0 saturated carbocycles. The molecule has 0 amide bonds. The molecule has 0 bridgehead atoms. The van der Waals surface area contributed by atoms with Gasteiger partial charge in [-0.25, -0.2) is 14.4 Å². The van der Waals surface area contributed by atoms with Gasteiger partial charge in [0.25, 0.3) is 5.56 Å². The average Bonchev–Trinajstić information content (AvgIpc) is 2.98. The third-order valence-corrected chi connectivity index (χ3v) is 4.25. The van der Waals surface area contributed by atoms with Crippen molar-refractivity contribution in [2.45, 2.75) is 39.4 Å². The molecule has 3 rings (SSSR count).